The van der Waals surface area contributed by atoms with Gasteiger partial charge < -0.3 is 15.7 Å². The van der Waals surface area contributed by atoms with Crippen molar-refractivity contribution in [3.63, 3.8) is 0 Å². The molecule has 1 aliphatic rings. The molecular formula is C22H33N3O6S. The lowest BCUT2D eigenvalue weighted by molar-refractivity contribution is -0.138. The highest BCUT2D eigenvalue weighted by Crippen LogP contribution is 2.27. The Morgan fingerprint density at radius 2 is 1.62 bits per heavy atom. The molecule has 1 aromatic carbocycles. The summed E-state index contributed by atoms with van der Waals surface area (Å²) in [5, 5.41) is 14.4. The Bertz CT molecular complexity index is 854. The van der Waals surface area contributed by atoms with E-state index in [1.165, 1.54) is 32.1 Å². The van der Waals surface area contributed by atoms with Crippen molar-refractivity contribution in [2.75, 3.05) is 13.1 Å². The fourth-order valence-corrected chi connectivity index (χ4v) is 5.08. The van der Waals surface area contributed by atoms with E-state index in [9.17, 15) is 27.9 Å². The van der Waals surface area contributed by atoms with Gasteiger partial charge in [0.1, 0.15) is 6.04 Å². The predicted octanol–water partition coefficient (Wildman–Crippen LogP) is 1.54. The molecule has 0 heterocycles. The second-order valence-corrected chi connectivity index (χ2v) is 9.95. The normalized spacial score (nSPS) is 15.6. The van der Waals surface area contributed by atoms with Gasteiger partial charge in [0.05, 0.1) is 5.75 Å². The highest BCUT2D eigenvalue weighted by Gasteiger charge is 2.25. The summed E-state index contributed by atoms with van der Waals surface area (Å²) >= 11 is 0. The molecule has 10 heteroatoms. The summed E-state index contributed by atoms with van der Waals surface area (Å²) in [7, 11) is -3.91. The maximum Gasteiger partial charge on any atom is 0.323 e. The number of aliphatic carboxylic acids is 1. The van der Waals surface area contributed by atoms with Crippen LogP contribution in [0.4, 0.5) is 0 Å². The van der Waals surface area contributed by atoms with Crippen LogP contribution in [0.1, 0.15) is 56.9 Å². The van der Waals surface area contributed by atoms with Gasteiger partial charge >= 0.3 is 5.97 Å². The van der Waals surface area contributed by atoms with Gasteiger partial charge in [0.15, 0.2) is 0 Å². The summed E-state index contributed by atoms with van der Waals surface area (Å²) in [6.45, 7) is -0.245. The lowest BCUT2D eigenvalue weighted by atomic mass is 9.86. The molecule has 178 valence electrons. The third-order valence-electron chi connectivity index (χ3n) is 5.50. The van der Waals surface area contributed by atoms with Gasteiger partial charge in [-0.05, 0) is 17.9 Å². The Balaban J connectivity index is 1.67. The van der Waals surface area contributed by atoms with Crippen LogP contribution >= 0.6 is 0 Å². The van der Waals surface area contributed by atoms with Crippen molar-refractivity contribution in [1.82, 2.24) is 15.4 Å². The molecule has 2 amide bonds. The Morgan fingerprint density at radius 3 is 2.28 bits per heavy atom. The van der Waals surface area contributed by atoms with E-state index in [4.69, 9.17) is 0 Å². The molecule has 1 unspecified atom stereocenters. The molecular weight excluding hydrogens is 434 g/mol. The molecule has 1 fully saturated rings. The largest absolute Gasteiger partial charge is 0.480 e. The number of hydrogen-bond donors (Lipinski definition) is 4. The standard InChI is InChI=1S/C22H33N3O6S/c26-20(12-11-17-7-3-1-4-8-17)23-14-13-21(27)24-15-19(22(28)29)25-32(30,31)16-18-9-5-2-6-10-18/h2,5-6,9-10,17,19,25H,1,3-4,7-8,11-16H2,(H,23,26)(H,24,27)(H,28,29). The lowest BCUT2D eigenvalue weighted by Crippen LogP contribution is -2.48. The van der Waals surface area contributed by atoms with Crippen LogP contribution in [0.2, 0.25) is 0 Å². The maximum absolute atomic E-state index is 12.2. The zero-order chi connectivity index (χ0) is 23.4. The first-order chi connectivity index (χ1) is 15.2. The number of carbonyl (C=O) groups is 3. The number of carbonyl (C=O) groups excluding carboxylic acids is 2. The van der Waals surface area contributed by atoms with Gasteiger partial charge in [-0.2, -0.15) is 4.72 Å². The van der Waals surface area contributed by atoms with Gasteiger partial charge in [0, 0.05) is 25.9 Å². The number of rotatable bonds is 13. The molecule has 1 atom stereocenters. The van der Waals surface area contributed by atoms with E-state index in [1.807, 2.05) is 0 Å². The molecule has 32 heavy (non-hydrogen) atoms. The summed E-state index contributed by atoms with van der Waals surface area (Å²) < 4.78 is 26.6. The average Bonchev–Trinajstić information content (AvgIpc) is 2.76. The monoisotopic (exact) mass is 467 g/mol. The maximum atomic E-state index is 12.2. The number of amides is 2. The summed E-state index contributed by atoms with van der Waals surface area (Å²) in [4.78, 5) is 35.3. The van der Waals surface area contributed by atoms with Gasteiger partial charge in [0.2, 0.25) is 21.8 Å². The minimum atomic E-state index is -3.91. The molecule has 4 N–H and O–H groups in total. The Labute approximate surface area is 189 Å². The first-order valence-corrected chi connectivity index (χ1v) is 12.7. The van der Waals surface area contributed by atoms with Crippen LogP contribution in [0.15, 0.2) is 30.3 Å². The van der Waals surface area contributed by atoms with Crippen LogP contribution in [0.5, 0.6) is 0 Å². The minimum Gasteiger partial charge on any atom is -0.480 e. The Morgan fingerprint density at radius 1 is 0.969 bits per heavy atom. The van der Waals surface area contributed by atoms with Gasteiger partial charge in [-0.25, -0.2) is 8.42 Å². The highest BCUT2D eigenvalue weighted by molar-refractivity contribution is 7.88. The zero-order valence-electron chi connectivity index (χ0n) is 18.2. The molecule has 1 saturated carbocycles. The molecule has 0 radical (unpaired) electrons. The summed E-state index contributed by atoms with van der Waals surface area (Å²) in [6.07, 6.45) is 7.37. The van der Waals surface area contributed by atoms with Crippen molar-refractivity contribution in [3.8, 4) is 0 Å². The topological polar surface area (TPSA) is 142 Å². The average molecular weight is 468 g/mol. The lowest BCUT2D eigenvalue weighted by Gasteiger charge is -2.21. The van der Waals surface area contributed by atoms with Crippen molar-refractivity contribution < 1.29 is 27.9 Å². The molecule has 0 aliphatic heterocycles. The summed E-state index contributed by atoms with van der Waals surface area (Å²) in [6, 6.07) is 6.89. The fraction of sp³-hybridized carbons (Fsp3) is 0.591. The Kier molecular flexibility index (Phi) is 10.6. The molecule has 9 nitrogen and oxygen atoms in total. The van der Waals surface area contributed by atoms with Gasteiger partial charge in [-0.3, -0.25) is 14.4 Å². The quantitative estimate of drug-likeness (QED) is 0.347. The minimum absolute atomic E-state index is 0.0156. The predicted molar refractivity (Wildman–Crippen MR) is 120 cm³/mol. The van der Waals surface area contributed by atoms with E-state index in [0.717, 1.165) is 6.42 Å². The van der Waals surface area contributed by atoms with Gasteiger partial charge in [0.25, 0.3) is 0 Å². The van der Waals surface area contributed by atoms with Crippen LogP contribution in [-0.2, 0) is 30.2 Å². The van der Waals surface area contributed by atoms with Crippen molar-refractivity contribution in [2.45, 2.75) is 63.2 Å². The molecule has 0 aromatic heterocycles. The first-order valence-electron chi connectivity index (χ1n) is 11.1. The second kappa shape index (κ2) is 13.2. The van der Waals surface area contributed by atoms with E-state index in [1.54, 1.807) is 30.3 Å². The number of sulfonamides is 1. The zero-order valence-corrected chi connectivity index (χ0v) is 19.0. The molecule has 1 aliphatic carbocycles. The molecule has 0 spiro atoms. The smallest absolute Gasteiger partial charge is 0.323 e. The van der Waals surface area contributed by atoms with Crippen LogP contribution in [0, 0.1) is 5.92 Å². The van der Waals surface area contributed by atoms with E-state index in [-0.39, 0.29) is 24.6 Å². The number of hydrogen-bond acceptors (Lipinski definition) is 5. The molecule has 0 bridgehead atoms. The SMILES string of the molecule is O=C(CCC1CCCCC1)NCCC(=O)NCC(NS(=O)(=O)Cc1ccccc1)C(=O)O. The first kappa shape index (κ1) is 25.8. The van der Waals surface area contributed by atoms with Gasteiger partial charge in [-0.1, -0.05) is 62.4 Å². The van der Waals surface area contributed by atoms with Crippen molar-refractivity contribution >= 4 is 27.8 Å². The molecule has 2 rings (SSSR count). The highest BCUT2D eigenvalue weighted by atomic mass is 32.2. The van der Waals surface area contributed by atoms with Crippen molar-refractivity contribution in [2.24, 2.45) is 5.92 Å². The number of nitrogens with one attached hydrogen (secondary N) is 3. The number of benzene rings is 1. The van der Waals surface area contributed by atoms with E-state index < -0.39 is 34.5 Å². The van der Waals surface area contributed by atoms with E-state index >= 15 is 0 Å². The molecule has 0 saturated heterocycles. The van der Waals surface area contributed by atoms with Crippen LogP contribution in [-0.4, -0.2) is 50.4 Å². The summed E-state index contributed by atoms with van der Waals surface area (Å²) in [5.74, 6) is -1.71. The van der Waals surface area contributed by atoms with E-state index in [0.29, 0.717) is 17.9 Å². The molecule has 1 aromatic rings. The summed E-state index contributed by atoms with van der Waals surface area (Å²) in [5.41, 5.74) is 0.521. The Hall–Kier alpha value is -2.46. The van der Waals surface area contributed by atoms with Gasteiger partial charge in [-0.15, -0.1) is 0 Å². The van der Waals surface area contributed by atoms with Crippen LogP contribution < -0.4 is 15.4 Å². The van der Waals surface area contributed by atoms with Crippen molar-refractivity contribution in [3.05, 3.63) is 35.9 Å². The van der Waals surface area contributed by atoms with Crippen LogP contribution in [0.3, 0.4) is 0 Å². The second-order valence-electron chi connectivity index (χ2n) is 8.20. The van der Waals surface area contributed by atoms with E-state index in [2.05, 4.69) is 15.4 Å². The number of carboxylic acid groups (broad SMARTS) is 1. The third kappa shape index (κ3) is 10.2. The third-order valence-corrected chi connectivity index (χ3v) is 6.86. The fourth-order valence-electron chi connectivity index (χ4n) is 3.75. The number of carboxylic acids is 1. The van der Waals surface area contributed by atoms with Crippen LogP contribution in [0.25, 0.3) is 0 Å². The van der Waals surface area contributed by atoms with Crippen molar-refractivity contribution in [1.29, 1.82) is 0 Å².